The van der Waals surface area contributed by atoms with Gasteiger partial charge in [0.15, 0.2) is 6.10 Å². The first kappa shape index (κ1) is 20.5. The molecule has 1 aliphatic heterocycles. The third-order valence-electron chi connectivity index (χ3n) is 7.56. The van der Waals surface area contributed by atoms with Crippen molar-refractivity contribution in [1.82, 2.24) is 0 Å². The van der Waals surface area contributed by atoms with Crippen molar-refractivity contribution >= 4 is 11.8 Å². The Labute approximate surface area is 162 Å². The smallest absolute Gasteiger partial charge is 0.303 e. The van der Waals surface area contributed by atoms with Gasteiger partial charge in [0.05, 0.1) is 17.6 Å². The third kappa shape index (κ3) is 2.89. The normalized spacial score (nSPS) is 48.9. The van der Waals surface area contributed by atoms with Gasteiger partial charge in [-0.2, -0.15) is 0 Å². The van der Waals surface area contributed by atoms with Gasteiger partial charge in [-0.05, 0) is 43.4 Å². The van der Waals surface area contributed by atoms with Gasteiger partial charge in [-0.1, -0.05) is 33.3 Å². The first-order valence-corrected chi connectivity index (χ1v) is 10.0. The van der Waals surface area contributed by atoms with Gasteiger partial charge in [-0.25, -0.2) is 0 Å². The molecule has 0 aromatic carbocycles. The van der Waals surface area contributed by atoms with Crippen LogP contribution >= 0.6 is 0 Å². The molecule has 0 radical (unpaired) electrons. The van der Waals surface area contributed by atoms with Crippen LogP contribution < -0.4 is 0 Å². The molecule has 152 valence electrons. The number of hydrogen-bond acceptors (Lipinski definition) is 5. The minimum absolute atomic E-state index is 0.111. The lowest BCUT2D eigenvalue weighted by molar-refractivity contribution is -0.307. The Balaban J connectivity index is 2.20. The fraction of sp³-hybridized carbons (Fsp3) is 0.818. The zero-order valence-corrected chi connectivity index (χ0v) is 17.5. The van der Waals surface area contributed by atoms with Crippen LogP contribution in [-0.2, 0) is 19.1 Å². The van der Waals surface area contributed by atoms with E-state index in [0.717, 1.165) is 19.3 Å². The summed E-state index contributed by atoms with van der Waals surface area (Å²) in [5.74, 6) is -0.948. The molecule has 0 spiro atoms. The maximum atomic E-state index is 13.5. The van der Waals surface area contributed by atoms with Crippen molar-refractivity contribution in [1.29, 1.82) is 0 Å². The van der Waals surface area contributed by atoms with Crippen LogP contribution in [0, 0.1) is 22.7 Å². The molecule has 1 heterocycles. The Kier molecular flexibility index (Phi) is 4.68. The first-order chi connectivity index (χ1) is 12.3. The number of hydrogen-bond donors (Lipinski definition) is 1. The zero-order valence-electron chi connectivity index (χ0n) is 17.5. The monoisotopic (exact) mass is 378 g/mol. The molecular formula is C22H34O5. The summed E-state index contributed by atoms with van der Waals surface area (Å²) in [6, 6.07) is 0. The molecule has 1 N–H and O–H groups in total. The summed E-state index contributed by atoms with van der Waals surface area (Å²) in [7, 11) is 0. The molecule has 0 aromatic heterocycles. The molecule has 2 aliphatic carbocycles. The van der Waals surface area contributed by atoms with E-state index in [4.69, 9.17) is 9.47 Å². The van der Waals surface area contributed by atoms with E-state index in [1.807, 2.05) is 13.8 Å². The van der Waals surface area contributed by atoms with Crippen LogP contribution in [0.1, 0.15) is 67.2 Å². The largest absolute Gasteiger partial charge is 0.457 e. The Bertz CT molecular complexity index is 670. The Morgan fingerprint density at radius 1 is 1.26 bits per heavy atom. The zero-order chi connectivity index (χ0) is 20.4. The molecule has 5 nitrogen and oxygen atoms in total. The van der Waals surface area contributed by atoms with Crippen LogP contribution in [0.2, 0.25) is 0 Å². The molecule has 27 heavy (non-hydrogen) atoms. The van der Waals surface area contributed by atoms with E-state index in [1.165, 1.54) is 6.92 Å². The van der Waals surface area contributed by atoms with Crippen molar-refractivity contribution in [3.8, 4) is 0 Å². The lowest BCUT2D eigenvalue weighted by Crippen LogP contribution is -2.75. The van der Waals surface area contributed by atoms with Crippen molar-refractivity contribution in [2.24, 2.45) is 22.7 Å². The first-order valence-electron chi connectivity index (χ1n) is 10.0. The van der Waals surface area contributed by atoms with Gasteiger partial charge >= 0.3 is 5.97 Å². The summed E-state index contributed by atoms with van der Waals surface area (Å²) in [5, 5.41) is 11.5. The van der Waals surface area contributed by atoms with Crippen molar-refractivity contribution in [3.05, 3.63) is 12.7 Å². The number of aliphatic hydroxyl groups excluding tert-OH is 1. The van der Waals surface area contributed by atoms with E-state index in [9.17, 15) is 14.7 Å². The molecule has 1 saturated heterocycles. The van der Waals surface area contributed by atoms with E-state index >= 15 is 0 Å². The summed E-state index contributed by atoms with van der Waals surface area (Å²) in [5.41, 5.74) is -2.51. The summed E-state index contributed by atoms with van der Waals surface area (Å²) in [6.45, 7) is 15.2. The molecule has 0 amide bonds. The Hall–Kier alpha value is -1.20. The van der Waals surface area contributed by atoms with Crippen LogP contribution in [0.3, 0.4) is 0 Å². The molecule has 0 bridgehead atoms. The number of esters is 1. The fourth-order valence-electron chi connectivity index (χ4n) is 6.91. The number of carbonyl (C=O) groups excluding carboxylic acids is 2. The summed E-state index contributed by atoms with van der Waals surface area (Å²) < 4.78 is 12.1. The second-order valence-electron chi connectivity index (χ2n) is 10.2. The molecule has 3 fully saturated rings. The maximum absolute atomic E-state index is 13.5. The number of ketones is 1. The lowest BCUT2D eigenvalue weighted by atomic mass is 9.42. The highest BCUT2D eigenvalue weighted by molar-refractivity contribution is 5.86. The van der Waals surface area contributed by atoms with E-state index < -0.39 is 40.7 Å². The highest BCUT2D eigenvalue weighted by Crippen LogP contribution is 2.65. The van der Waals surface area contributed by atoms with Crippen molar-refractivity contribution < 1.29 is 24.2 Å². The SMILES string of the molecule is C=C[C@@]1(C)CC(=O)[C@@H]2[C@@]3(C)CCCC(C)(C)[C@@H]3[C@H](O)[C@@H](OC(C)=O)[C@@]2(C)O1. The average Bonchev–Trinajstić information content (AvgIpc) is 2.49. The minimum Gasteiger partial charge on any atom is -0.457 e. The van der Waals surface area contributed by atoms with Gasteiger partial charge in [0.25, 0.3) is 0 Å². The second kappa shape index (κ2) is 6.15. The number of fused-ring (bicyclic) bond motifs is 3. The quantitative estimate of drug-likeness (QED) is 0.589. The summed E-state index contributed by atoms with van der Waals surface area (Å²) >= 11 is 0. The van der Waals surface area contributed by atoms with Crippen LogP contribution in [-0.4, -0.2) is 40.3 Å². The van der Waals surface area contributed by atoms with E-state index in [-0.39, 0.29) is 23.5 Å². The topological polar surface area (TPSA) is 72.8 Å². The molecule has 7 atom stereocenters. The van der Waals surface area contributed by atoms with Crippen molar-refractivity contribution in [2.45, 2.75) is 90.6 Å². The number of rotatable bonds is 2. The number of carbonyl (C=O) groups is 2. The number of ether oxygens (including phenoxy) is 2. The summed E-state index contributed by atoms with van der Waals surface area (Å²) in [4.78, 5) is 25.4. The standard InChI is InChI=1S/C22H34O5/c1-8-20(5)12-14(24)16-21(6)11-9-10-19(3,4)17(21)15(25)18(26-13(2)23)22(16,7)27-20/h8,15-18,25H,1,9-12H2,2-7H3/t15-,16+,17-,18+,20-,21+,22-/m0/s1. The molecular weight excluding hydrogens is 344 g/mol. The lowest BCUT2D eigenvalue weighted by Gasteiger charge is -2.67. The fourth-order valence-corrected chi connectivity index (χ4v) is 6.91. The average molecular weight is 379 g/mol. The van der Waals surface area contributed by atoms with Crippen LogP contribution in [0.25, 0.3) is 0 Å². The van der Waals surface area contributed by atoms with Gasteiger partial charge in [-0.3, -0.25) is 9.59 Å². The van der Waals surface area contributed by atoms with Crippen LogP contribution in [0.5, 0.6) is 0 Å². The van der Waals surface area contributed by atoms with Crippen LogP contribution in [0.4, 0.5) is 0 Å². The Morgan fingerprint density at radius 2 is 1.89 bits per heavy atom. The molecule has 0 aromatic rings. The predicted molar refractivity (Wildman–Crippen MR) is 102 cm³/mol. The Morgan fingerprint density at radius 3 is 2.44 bits per heavy atom. The molecule has 3 aliphatic rings. The second-order valence-corrected chi connectivity index (χ2v) is 10.2. The van der Waals surface area contributed by atoms with Gasteiger partial charge in [0.1, 0.15) is 11.4 Å². The summed E-state index contributed by atoms with van der Waals surface area (Å²) in [6.07, 6.45) is 2.94. The van der Waals surface area contributed by atoms with E-state index in [2.05, 4.69) is 27.4 Å². The number of Topliss-reactive ketones (excluding diaryl/α,β-unsaturated/α-hetero) is 1. The highest BCUT2D eigenvalue weighted by Gasteiger charge is 2.71. The predicted octanol–water partition coefficient (Wildman–Crippen LogP) is 3.43. The van der Waals surface area contributed by atoms with Gasteiger partial charge < -0.3 is 14.6 Å². The van der Waals surface area contributed by atoms with E-state index in [1.54, 1.807) is 6.08 Å². The van der Waals surface area contributed by atoms with Crippen LogP contribution in [0.15, 0.2) is 12.7 Å². The van der Waals surface area contributed by atoms with Gasteiger partial charge in [0.2, 0.25) is 0 Å². The molecule has 3 rings (SSSR count). The maximum Gasteiger partial charge on any atom is 0.303 e. The van der Waals surface area contributed by atoms with Gasteiger partial charge in [0, 0.05) is 13.3 Å². The van der Waals surface area contributed by atoms with Crippen molar-refractivity contribution in [2.75, 3.05) is 0 Å². The molecule has 0 unspecified atom stereocenters. The highest BCUT2D eigenvalue weighted by atomic mass is 16.6. The van der Waals surface area contributed by atoms with Crippen molar-refractivity contribution in [3.63, 3.8) is 0 Å². The van der Waals surface area contributed by atoms with Gasteiger partial charge in [-0.15, -0.1) is 6.58 Å². The number of aliphatic hydroxyl groups is 1. The minimum atomic E-state index is -1.10. The van der Waals surface area contributed by atoms with E-state index in [0.29, 0.717) is 0 Å². The molecule has 5 heteroatoms. The third-order valence-corrected chi connectivity index (χ3v) is 7.56. The molecule has 2 saturated carbocycles.